The highest BCUT2D eigenvalue weighted by Crippen LogP contribution is 2.36. The molecule has 0 aromatic heterocycles. The van der Waals surface area contributed by atoms with Crippen molar-refractivity contribution in [2.75, 3.05) is 26.2 Å². The largest absolute Gasteiger partial charge is 0.417 e. The van der Waals surface area contributed by atoms with E-state index in [9.17, 15) is 0 Å². The van der Waals surface area contributed by atoms with Gasteiger partial charge in [-0.05, 0) is 50.4 Å². The Hall–Kier alpha value is 0.137. The average molecular weight is 256 g/mol. The Bertz CT molecular complexity index is 217. The Morgan fingerprint density at radius 2 is 2.00 bits per heavy atom. The lowest BCUT2D eigenvalue weighted by molar-refractivity contribution is 0.219. The van der Waals surface area contributed by atoms with Crippen molar-refractivity contribution >= 4 is 8.32 Å². The van der Waals surface area contributed by atoms with Gasteiger partial charge in [0.2, 0.25) is 0 Å². The van der Waals surface area contributed by atoms with E-state index >= 15 is 0 Å². The third-order valence-electron chi connectivity index (χ3n) is 4.16. The van der Waals surface area contributed by atoms with Crippen LogP contribution in [0.1, 0.15) is 40.0 Å². The molecule has 0 N–H and O–H groups in total. The van der Waals surface area contributed by atoms with Crippen LogP contribution in [-0.4, -0.2) is 39.5 Å². The predicted molar refractivity (Wildman–Crippen MR) is 77.7 cm³/mol. The summed E-state index contributed by atoms with van der Waals surface area (Å²) in [5, 5.41) is 0.339. The van der Waals surface area contributed by atoms with Crippen LogP contribution in [0.5, 0.6) is 0 Å². The van der Waals surface area contributed by atoms with Crippen molar-refractivity contribution in [3.05, 3.63) is 6.42 Å². The van der Waals surface area contributed by atoms with Gasteiger partial charge in [-0.3, -0.25) is 0 Å². The molecule has 1 saturated heterocycles. The monoisotopic (exact) mass is 256 g/mol. The minimum Gasteiger partial charge on any atom is -0.417 e. The Morgan fingerprint density at radius 1 is 1.29 bits per heavy atom. The first-order chi connectivity index (χ1) is 7.83. The Morgan fingerprint density at radius 3 is 2.53 bits per heavy atom. The van der Waals surface area contributed by atoms with Gasteiger partial charge in [-0.25, -0.2) is 0 Å². The first-order valence-electron chi connectivity index (χ1n) is 7.01. The fourth-order valence-corrected chi connectivity index (χ4v) is 2.95. The predicted octanol–water partition coefficient (Wildman–Crippen LogP) is 3.70. The van der Waals surface area contributed by atoms with Gasteiger partial charge in [0.1, 0.15) is 0 Å². The van der Waals surface area contributed by atoms with E-state index in [4.69, 9.17) is 4.43 Å². The third-order valence-corrected chi connectivity index (χ3v) is 8.70. The zero-order valence-corrected chi connectivity index (χ0v) is 13.4. The molecule has 1 aliphatic rings. The van der Waals surface area contributed by atoms with E-state index in [1.807, 2.05) is 0 Å². The highest BCUT2D eigenvalue weighted by Gasteiger charge is 2.36. The van der Waals surface area contributed by atoms with Crippen molar-refractivity contribution in [2.45, 2.75) is 58.2 Å². The molecule has 0 amide bonds. The quantitative estimate of drug-likeness (QED) is 0.549. The van der Waals surface area contributed by atoms with Crippen LogP contribution in [0.3, 0.4) is 0 Å². The summed E-state index contributed by atoms with van der Waals surface area (Å²) in [6, 6.07) is 0. The number of nitrogens with zero attached hydrogens (tertiary/aromatic N) is 1. The molecule has 0 saturated carbocycles. The van der Waals surface area contributed by atoms with E-state index in [-0.39, 0.29) is 0 Å². The highest BCUT2D eigenvalue weighted by molar-refractivity contribution is 6.74. The van der Waals surface area contributed by atoms with Crippen LogP contribution in [0.25, 0.3) is 0 Å². The van der Waals surface area contributed by atoms with E-state index in [1.165, 1.54) is 38.9 Å². The third kappa shape index (κ3) is 5.10. The second-order valence-corrected chi connectivity index (χ2v) is 11.5. The van der Waals surface area contributed by atoms with Gasteiger partial charge in [-0.2, -0.15) is 0 Å². The van der Waals surface area contributed by atoms with Crippen molar-refractivity contribution in [3.63, 3.8) is 0 Å². The van der Waals surface area contributed by atoms with Gasteiger partial charge >= 0.3 is 0 Å². The van der Waals surface area contributed by atoms with E-state index in [2.05, 4.69) is 45.2 Å². The normalized spacial score (nSPS) is 19.6. The molecule has 0 aliphatic carbocycles. The smallest absolute Gasteiger partial charge is 0.191 e. The summed E-state index contributed by atoms with van der Waals surface area (Å²) in [4.78, 5) is 2.54. The number of rotatable bonds is 5. The maximum atomic E-state index is 6.19. The van der Waals surface area contributed by atoms with Crippen LogP contribution in [0.4, 0.5) is 0 Å². The van der Waals surface area contributed by atoms with Crippen molar-refractivity contribution in [1.29, 1.82) is 0 Å². The maximum Gasteiger partial charge on any atom is 0.191 e. The molecule has 1 heterocycles. The zero-order valence-electron chi connectivity index (χ0n) is 12.4. The van der Waals surface area contributed by atoms with Crippen molar-refractivity contribution in [3.8, 4) is 0 Å². The summed E-state index contributed by atoms with van der Waals surface area (Å²) in [6.07, 6.45) is 6.22. The SMILES string of the molecule is CC(C)(C)[Si](C)(C)OCCCN1C[CH]CCC1. The van der Waals surface area contributed by atoms with Crippen LogP contribution in [-0.2, 0) is 4.43 Å². The fraction of sp³-hybridized carbons (Fsp3) is 0.929. The lowest BCUT2D eigenvalue weighted by Gasteiger charge is -2.36. The van der Waals surface area contributed by atoms with E-state index < -0.39 is 8.32 Å². The minimum atomic E-state index is -1.52. The molecule has 101 valence electrons. The molecule has 0 aromatic carbocycles. The zero-order chi connectivity index (χ0) is 12.9. The molecule has 0 atom stereocenters. The Labute approximate surface area is 109 Å². The standard InChI is InChI=1S/C14H30NOSi/c1-14(2,3)17(4,5)16-13-9-12-15-10-7-6-8-11-15/h7H,6,8-13H2,1-5H3. The van der Waals surface area contributed by atoms with Gasteiger partial charge in [0.15, 0.2) is 8.32 Å². The molecule has 3 heteroatoms. The van der Waals surface area contributed by atoms with Gasteiger partial charge in [0, 0.05) is 19.7 Å². The summed E-state index contributed by atoms with van der Waals surface area (Å²) >= 11 is 0. The van der Waals surface area contributed by atoms with Gasteiger partial charge in [0.25, 0.3) is 0 Å². The molecular weight excluding hydrogens is 226 g/mol. The number of hydrogen-bond donors (Lipinski definition) is 0. The summed E-state index contributed by atoms with van der Waals surface area (Å²) in [5.74, 6) is 0. The molecule has 1 radical (unpaired) electrons. The first kappa shape index (κ1) is 15.2. The fourth-order valence-electron chi connectivity index (χ4n) is 1.86. The van der Waals surface area contributed by atoms with Gasteiger partial charge in [0.05, 0.1) is 0 Å². The molecule has 0 spiro atoms. The molecular formula is C14H30NOSi. The molecule has 0 aromatic rings. The van der Waals surface area contributed by atoms with Crippen LogP contribution in [0, 0.1) is 6.42 Å². The van der Waals surface area contributed by atoms with Crippen LogP contribution < -0.4 is 0 Å². The summed E-state index contributed by atoms with van der Waals surface area (Å²) in [7, 11) is -1.52. The highest BCUT2D eigenvalue weighted by atomic mass is 28.4. The van der Waals surface area contributed by atoms with Gasteiger partial charge in [-0.15, -0.1) is 0 Å². The van der Waals surface area contributed by atoms with Crippen molar-refractivity contribution in [1.82, 2.24) is 4.90 Å². The molecule has 1 rings (SSSR count). The Kier molecular flexibility index (Phi) is 5.67. The van der Waals surface area contributed by atoms with Crippen LogP contribution in [0.15, 0.2) is 0 Å². The molecule has 0 bridgehead atoms. The molecule has 1 fully saturated rings. The van der Waals surface area contributed by atoms with Crippen LogP contribution >= 0.6 is 0 Å². The topological polar surface area (TPSA) is 12.5 Å². The number of piperidine rings is 1. The molecule has 0 unspecified atom stereocenters. The van der Waals surface area contributed by atoms with Gasteiger partial charge in [-0.1, -0.05) is 20.8 Å². The molecule has 1 aliphatic heterocycles. The molecule has 17 heavy (non-hydrogen) atoms. The lowest BCUT2D eigenvalue weighted by atomic mass is 10.1. The second-order valence-electron chi connectivity index (χ2n) is 6.69. The Balaban J connectivity index is 2.15. The first-order valence-corrected chi connectivity index (χ1v) is 9.92. The van der Waals surface area contributed by atoms with Crippen molar-refractivity contribution in [2.24, 2.45) is 0 Å². The molecule has 2 nitrogen and oxygen atoms in total. The maximum absolute atomic E-state index is 6.19. The van der Waals surface area contributed by atoms with E-state index in [0.717, 1.165) is 6.61 Å². The lowest BCUT2D eigenvalue weighted by Crippen LogP contribution is -2.41. The number of likely N-dealkylation sites (tertiary alicyclic amines) is 1. The minimum absolute atomic E-state index is 0.339. The average Bonchev–Trinajstić information content (AvgIpc) is 2.24. The summed E-state index contributed by atoms with van der Waals surface area (Å²) in [5.41, 5.74) is 0. The second kappa shape index (κ2) is 6.35. The summed E-state index contributed by atoms with van der Waals surface area (Å²) < 4.78 is 6.19. The number of hydrogen-bond acceptors (Lipinski definition) is 2. The van der Waals surface area contributed by atoms with Gasteiger partial charge < -0.3 is 9.33 Å². The van der Waals surface area contributed by atoms with E-state index in [1.54, 1.807) is 0 Å². The van der Waals surface area contributed by atoms with Crippen molar-refractivity contribution < 1.29 is 4.43 Å². The van der Waals surface area contributed by atoms with E-state index in [0.29, 0.717) is 5.04 Å². The summed E-state index contributed by atoms with van der Waals surface area (Å²) in [6.45, 7) is 16.2. The van der Waals surface area contributed by atoms with Crippen LogP contribution in [0.2, 0.25) is 18.1 Å².